The summed E-state index contributed by atoms with van der Waals surface area (Å²) in [5.41, 5.74) is 1.45. The molecule has 0 bridgehead atoms. The summed E-state index contributed by atoms with van der Waals surface area (Å²) in [4.78, 5) is 40.4. The van der Waals surface area contributed by atoms with Crippen molar-refractivity contribution in [1.29, 1.82) is 0 Å². The molecule has 0 unspecified atom stereocenters. The molecular formula is C22H24ClN3O4. The Balaban J connectivity index is 1.56. The molecule has 2 N–H and O–H groups in total. The van der Waals surface area contributed by atoms with Gasteiger partial charge in [0.25, 0.3) is 5.91 Å². The van der Waals surface area contributed by atoms with Crippen molar-refractivity contribution in [2.75, 3.05) is 5.32 Å². The molecule has 7 nitrogen and oxygen atoms in total. The van der Waals surface area contributed by atoms with Crippen molar-refractivity contribution in [3.63, 3.8) is 0 Å². The summed E-state index contributed by atoms with van der Waals surface area (Å²) in [7, 11) is 0. The van der Waals surface area contributed by atoms with E-state index in [-0.39, 0.29) is 42.0 Å². The van der Waals surface area contributed by atoms with Gasteiger partial charge in [0.15, 0.2) is 5.76 Å². The fraction of sp³-hybridized carbons (Fsp3) is 0.409. The zero-order chi connectivity index (χ0) is 21.3. The highest BCUT2D eigenvalue weighted by molar-refractivity contribution is 6.31. The van der Waals surface area contributed by atoms with Crippen LogP contribution in [0, 0.1) is 6.92 Å². The number of halogens is 1. The molecule has 4 rings (SSSR count). The van der Waals surface area contributed by atoms with Crippen LogP contribution in [0.15, 0.2) is 41.0 Å². The monoisotopic (exact) mass is 429 g/mol. The van der Waals surface area contributed by atoms with Crippen LogP contribution in [-0.4, -0.2) is 40.7 Å². The quantitative estimate of drug-likeness (QED) is 0.777. The average Bonchev–Trinajstić information content (AvgIpc) is 3.26. The van der Waals surface area contributed by atoms with Crippen LogP contribution >= 0.6 is 11.6 Å². The zero-order valence-corrected chi connectivity index (χ0v) is 17.4. The lowest BCUT2D eigenvalue weighted by atomic mass is 9.85. The molecule has 1 saturated heterocycles. The Hall–Kier alpha value is -2.80. The Bertz CT molecular complexity index is 959. The first-order valence-corrected chi connectivity index (χ1v) is 10.5. The number of aryl methyl sites for hydroxylation is 1. The van der Waals surface area contributed by atoms with E-state index in [1.54, 1.807) is 29.2 Å². The molecule has 1 aromatic heterocycles. The number of anilines is 1. The summed E-state index contributed by atoms with van der Waals surface area (Å²) in [6, 6.07) is 7.30. The van der Waals surface area contributed by atoms with Crippen molar-refractivity contribution in [3.05, 3.63) is 52.9 Å². The lowest BCUT2D eigenvalue weighted by Crippen LogP contribution is -2.68. The lowest BCUT2D eigenvalue weighted by Gasteiger charge is -2.47. The number of nitrogens with one attached hydrogen (secondary N) is 2. The summed E-state index contributed by atoms with van der Waals surface area (Å²) >= 11 is 6.13. The second kappa shape index (κ2) is 8.52. The van der Waals surface area contributed by atoms with Gasteiger partial charge in [-0.1, -0.05) is 30.5 Å². The zero-order valence-electron chi connectivity index (χ0n) is 16.7. The van der Waals surface area contributed by atoms with E-state index in [1.165, 1.54) is 6.26 Å². The molecule has 1 aromatic carbocycles. The number of piperazine rings is 1. The predicted octanol–water partition coefficient (Wildman–Crippen LogP) is 3.52. The minimum absolute atomic E-state index is 0.0969. The SMILES string of the molecule is Cc1ccc(NC(=O)C[C@@H]2C(=O)N[C@@H]3CCCC[C@@H]3N2C(=O)c2ccco2)cc1Cl. The van der Waals surface area contributed by atoms with E-state index in [9.17, 15) is 14.4 Å². The average molecular weight is 430 g/mol. The summed E-state index contributed by atoms with van der Waals surface area (Å²) in [6.07, 6.45) is 4.86. The molecule has 3 amide bonds. The molecule has 1 saturated carbocycles. The van der Waals surface area contributed by atoms with E-state index in [1.807, 2.05) is 13.0 Å². The Morgan fingerprint density at radius 1 is 1.27 bits per heavy atom. The van der Waals surface area contributed by atoms with Crippen molar-refractivity contribution >= 4 is 35.0 Å². The Kier molecular flexibility index (Phi) is 5.81. The van der Waals surface area contributed by atoms with E-state index < -0.39 is 6.04 Å². The summed E-state index contributed by atoms with van der Waals surface area (Å²) in [5.74, 6) is -0.857. The van der Waals surface area contributed by atoms with Gasteiger partial charge in [0.2, 0.25) is 11.8 Å². The molecule has 3 atom stereocenters. The van der Waals surface area contributed by atoms with Crippen LogP contribution < -0.4 is 10.6 Å². The molecule has 0 radical (unpaired) electrons. The lowest BCUT2D eigenvalue weighted by molar-refractivity contribution is -0.135. The van der Waals surface area contributed by atoms with Crippen molar-refractivity contribution in [2.24, 2.45) is 0 Å². The molecule has 2 aliphatic rings. The fourth-order valence-electron chi connectivity index (χ4n) is 4.32. The highest BCUT2D eigenvalue weighted by atomic mass is 35.5. The highest BCUT2D eigenvalue weighted by Gasteiger charge is 2.46. The number of hydrogen-bond acceptors (Lipinski definition) is 4. The topological polar surface area (TPSA) is 91.7 Å². The second-order valence-corrected chi connectivity index (χ2v) is 8.30. The smallest absolute Gasteiger partial charge is 0.290 e. The van der Waals surface area contributed by atoms with Crippen LogP contribution in [0.2, 0.25) is 5.02 Å². The van der Waals surface area contributed by atoms with Crippen LogP contribution in [-0.2, 0) is 9.59 Å². The number of benzene rings is 1. The second-order valence-electron chi connectivity index (χ2n) is 7.89. The van der Waals surface area contributed by atoms with Crippen LogP contribution in [0.25, 0.3) is 0 Å². The maximum atomic E-state index is 13.2. The number of carbonyl (C=O) groups is 3. The van der Waals surface area contributed by atoms with E-state index in [0.29, 0.717) is 10.7 Å². The van der Waals surface area contributed by atoms with E-state index in [4.69, 9.17) is 16.0 Å². The van der Waals surface area contributed by atoms with Crippen molar-refractivity contribution in [3.8, 4) is 0 Å². The summed E-state index contributed by atoms with van der Waals surface area (Å²) in [6.45, 7) is 1.87. The molecule has 2 heterocycles. The fourth-order valence-corrected chi connectivity index (χ4v) is 4.50. The summed E-state index contributed by atoms with van der Waals surface area (Å²) < 4.78 is 5.30. The standard InChI is InChI=1S/C22H24ClN3O4/c1-13-8-9-14(11-15(13)23)24-20(27)12-18-21(28)25-16-5-2-3-6-17(16)26(18)22(29)19-7-4-10-30-19/h4,7-11,16-18H,2-3,5-6,12H2,1H3,(H,24,27)(H,25,28)/t16-,17+,18-/m1/s1. The first kappa shape index (κ1) is 20.5. The molecule has 2 aromatic rings. The van der Waals surface area contributed by atoms with Crippen molar-refractivity contribution < 1.29 is 18.8 Å². The first-order chi connectivity index (χ1) is 14.4. The Morgan fingerprint density at radius 2 is 2.07 bits per heavy atom. The van der Waals surface area contributed by atoms with Gasteiger partial charge in [0, 0.05) is 16.8 Å². The Labute approximate surface area is 179 Å². The number of amides is 3. The maximum absolute atomic E-state index is 13.2. The number of furan rings is 1. The molecule has 158 valence electrons. The van der Waals surface area contributed by atoms with Gasteiger partial charge in [-0.2, -0.15) is 0 Å². The van der Waals surface area contributed by atoms with Gasteiger partial charge < -0.3 is 20.0 Å². The normalized spacial score (nSPS) is 23.5. The molecule has 1 aliphatic heterocycles. The van der Waals surface area contributed by atoms with Gasteiger partial charge in [-0.25, -0.2) is 0 Å². The number of nitrogens with zero attached hydrogens (tertiary/aromatic N) is 1. The van der Waals surface area contributed by atoms with E-state index >= 15 is 0 Å². The minimum Gasteiger partial charge on any atom is -0.459 e. The third-order valence-electron chi connectivity index (χ3n) is 5.85. The van der Waals surface area contributed by atoms with Crippen molar-refractivity contribution in [2.45, 2.75) is 57.2 Å². The molecule has 2 fully saturated rings. The summed E-state index contributed by atoms with van der Waals surface area (Å²) in [5, 5.41) is 6.34. The molecular weight excluding hydrogens is 406 g/mol. The molecule has 30 heavy (non-hydrogen) atoms. The van der Waals surface area contributed by atoms with Crippen LogP contribution in [0.5, 0.6) is 0 Å². The van der Waals surface area contributed by atoms with Gasteiger partial charge in [0.05, 0.1) is 18.7 Å². The largest absolute Gasteiger partial charge is 0.459 e. The minimum atomic E-state index is -0.900. The van der Waals surface area contributed by atoms with Gasteiger partial charge in [0.1, 0.15) is 6.04 Å². The van der Waals surface area contributed by atoms with Crippen molar-refractivity contribution in [1.82, 2.24) is 10.2 Å². The highest BCUT2D eigenvalue weighted by Crippen LogP contribution is 2.31. The van der Waals surface area contributed by atoms with Crippen LogP contribution in [0.1, 0.15) is 48.2 Å². The third kappa shape index (κ3) is 4.07. The van der Waals surface area contributed by atoms with Gasteiger partial charge in [-0.15, -0.1) is 0 Å². The number of carbonyl (C=O) groups excluding carboxylic acids is 3. The van der Waals surface area contributed by atoms with Crippen LogP contribution in [0.3, 0.4) is 0 Å². The number of fused-ring (bicyclic) bond motifs is 1. The Morgan fingerprint density at radius 3 is 2.80 bits per heavy atom. The van der Waals surface area contributed by atoms with E-state index in [0.717, 1.165) is 31.2 Å². The van der Waals surface area contributed by atoms with E-state index in [2.05, 4.69) is 10.6 Å². The van der Waals surface area contributed by atoms with Gasteiger partial charge >= 0.3 is 0 Å². The number of hydrogen-bond donors (Lipinski definition) is 2. The molecule has 0 spiro atoms. The third-order valence-corrected chi connectivity index (χ3v) is 6.26. The first-order valence-electron chi connectivity index (χ1n) is 10.2. The van der Waals surface area contributed by atoms with Crippen LogP contribution in [0.4, 0.5) is 5.69 Å². The molecule has 1 aliphatic carbocycles. The van der Waals surface area contributed by atoms with Gasteiger partial charge in [-0.3, -0.25) is 14.4 Å². The van der Waals surface area contributed by atoms with Gasteiger partial charge in [-0.05, 0) is 49.6 Å². The maximum Gasteiger partial charge on any atom is 0.290 e. The predicted molar refractivity (Wildman–Crippen MR) is 112 cm³/mol. The molecule has 8 heteroatoms. The number of rotatable bonds is 4.